The SMILES string of the molecule is C#CC(C)Oc1cc(-n2cc(C)c(=S)n(C)c2=O)c(F)cc1C#N. The van der Waals surface area contributed by atoms with E-state index in [2.05, 4.69) is 5.92 Å². The molecule has 1 aromatic heterocycles. The van der Waals surface area contributed by atoms with Crippen LogP contribution in [0.4, 0.5) is 4.39 Å². The van der Waals surface area contributed by atoms with E-state index in [0.717, 1.165) is 10.6 Å². The van der Waals surface area contributed by atoms with Gasteiger partial charge in [0.2, 0.25) is 0 Å². The third-order valence-electron chi connectivity index (χ3n) is 3.43. The van der Waals surface area contributed by atoms with Gasteiger partial charge in [0, 0.05) is 24.9 Å². The molecule has 0 N–H and O–H groups in total. The van der Waals surface area contributed by atoms with Crippen molar-refractivity contribution in [2.75, 3.05) is 0 Å². The number of hydrogen-bond acceptors (Lipinski definition) is 4. The molecule has 1 atom stereocenters. The Hall–Kier alpha value is -2.90. The fraction of sp³-hybridized carbons (Fsp3) is 0.235. The lowest BCUT2D eigenvalue weighted by Gasteiger charge is -2.15. The predicted molar refractivity (Wildman–Crippen MR) is 90.2 cm³/mol. The molecule has 0 bridgehead atoms. The maximum absolute atomic E-state index is 14.4. The molecule has 0 saturated heterocycles. The smallest absolute Gasteiger partial charge is 0.333 e. The minimum absolute atomic E-state index is 0.00705. The number of benzene rings is 1. The van der Waals surface area contributed by atoms with Gasteiger partial charge in [-0.1, -0.05) is 18.1 Å². The van der Waals surface area contributed by atoms with Gasteiger partial charge in [-0.15, -0.1) is 6.42 Å². The standard InChI is InChI=1S/C17H14FN3O2S/c1-5-11(3)23-15-7-14(13(18)6-12(15)8-19)21-9-10(2)16(24)20(4)17(21)22/h1,6-7,9,11H,2-4H3. The molecule has 24 heavy (non-hydrogen) atoms. The Morgan fingerprint density at radius 1 is 1.46 bits per heavy atom. The summed E-state index contributed by atoms with van der Waals surface area (Å²) in [6.07, 6.45) is 6.11. The number of nitriles is 1. The van der Waals surface area contributed by atoms with Crippen LogP contribution in [-0.4, -0.2) is 15.2 Å². The van der Waals surface area contributed by atoms with Crippen LogP contribution in [-0.2, 0) is 7.05 Å². The van der Waals surface area contributed by atoms with E-state index in [1.807, 2.05) is 6.07 Å². The molecule has 7 heteroatoms. The van der Waals surface area contributed by atoms with Crippen molar-refractivity contribution in [3.05, 3.63) is 50.4 Å². The monoisotopic (exact) mass is 343 g/mol. The normalized spacial score (nSPS) is 11.4. The minimum atomic E-state index is -0.731. The lowest BCUT2D eigenvalue weighted by molar-refractivity contribution is 0.277. The van der Waals surface area contributed by atoms with Crippen LogP contribution < -0.4 is 10.4 Å². The van der Waals surface area contributed by atoms with Crippen molar-refractivity contribution in [1.82, 2.24) is 9.13 Å². The molecule has 1 aromatic carbocycles. The number of terminal acetylenes is 1. The van der Waals surface area contributed by atoms with Gasteiger partial charge in [-0.2, -0.15) is 5.26 Å². The van der Waals surface area contributed by atoms with Gasteiger partial charge in [0.05, 0.1) is 11.3 Å². The van der Waals surface area contributed by atoms with Crippen molar-refractivity contribution >= 4 is 12.2 Å². The van der Waals surface area contributed by atoms with Gasteiger partial charge in [-0.25, -0.2) is 9.18 Å². The molecule has 0 fully saturated rings. The minimum Gasteiger partial charge on any atom is -0.477 e. The molecular weight excluding hydrogens is 329 g/mol. The van der Waals surface area contributed by atoms with Crippen LogP contribution in [0.2, 0.25) is 0 Å². The summed E-state index contributed by atoms with van der Waals surface area (Å²) in [7, 11) is 1.51. The topological polar surface area (TPSA) is 59.9 Å². The molecule has 0 aliphatic rings. The largest absolute Gasteiger partial charge is 0.477 e. The summed E-state index contributed by atoms with van der Waals surface area (Å²) in [5, 5.41) is 9.13. The van der Waals surface area contributed by atoms with Gasteiger partial charge in [-0.05, 0) is 19.9 Å². The average molecular weight is 343 g/mol. The van der Waals surface area contributed by atoms with Crippen molar-refractivity contribution < 1.29 is 9.13 Å². The molecule has 0 spiro atoms. The van der Waals surface area contributed by atoms with E-state index < -0.39 is 17.6 Å². The zero-order chi connectivity index (χ0) is 18.0. The summed E-state index contributed by atoms with van der Waals surface area (Å²) in [5.74, 6) is 1.74. The van der Waals surface area contributed by atoms with Gasteiger partial charge in [0.25, 0.3) is 0 Å². The molecule has 5 nitrogen and oxygen atoms in total. The number of hydrogen-bond donors (Lipinski definition) is 0. The van der Waals surface area contributed by atoms with Crippen molar-refractivity contribution in [1.29, 1.82) is 5.26 Å². The van der Waals surface area contributed by atoms with Crippen LogP contribution in [0.1, 0.15) is 18.1 Å². The van der Waals surface area contributed by atoms with Gasteiger partial charge in [-0.3, -0.25) is 9.13 Å². The molecule has 1 heterocycles. The Morgan fingerprint density at radius 3 is 2.71 bits per heavy atom. The van der Waals surface area contributed by atoms with Crippen LogP contribution in [0, 0.1) is 41.1 Å². The fourth-order valence-electron chi connectivity index (χ4n) is 2.13. The fourth-order valence-corrected chi connectivity index (χ4v) is 2.26. The van der Waals surface area contributed by atoms with E-state index in [1.54, 1.807) is 13.8 Å². The Balaban J connectivity index is 2.75. The molecule has 0 aliphatic carbocycles. The highest BCUT2D eigenvalue weighted by atomic mass is 32.1. The van der Waals surface area contributed by atoms with Crippen molar-refractivity contribution in [2.45, 2.75) is 20.0 Å². The first-order chi connectivity index (χ1) is 11.3. The number of aromatic nitrogens is 2. The number of rotatable bonds is 3. The Labute approximate surface area is 143 Å². The number of ether oxygens (including phenoxy) is 1. The maximum Gasteiger partial charge on any atom is 0.333 e. The van der Waals surface area contributed by atoms with Crippen LogP contribution in [0.5, 0.6) is 5.75 Å². The first-order valence-electron chi connectivity index (χ1n) is 6.96. The number of halogens is 1. The highest BCUT2D eigenvalue weighted by Crippen LogP contribution is 2.25. The third kappa shape index (κ3) is 3.08. The third-order valence-corrected chi connectivity index (χ3v) is 4.02. The first-order valence-corrected chi connectivity index (χ1v) is 7.37. The average Bonchev–Trinajstić information content (AvgIpc) is 2.57. The molecule has 0 radical (unpaired) electrons. The van der Waals surface area contributed by atoms with Crippen LogP contribution in [0.25, 0.3) is 5.69 Å². The summed E-state index contributed by atoms with van der Waals surface area (Å²) in [5.41, 5.74) is 0.0692. The summed E-state index contributed by atoms with van der Waals surface area (Å²) >= 11 is 5.13. The second-order valence-electron chi connectivity index (χ2n) is 5.17. The van der Waals surface area contributed by atoms with Gasteiger partial charge in [0.1, 0.15) is 22.3 Å². The summed E-state index contributed by atoms with van der Waals surface area (Å²) < 4.78 is 22.6. The number of nitrogens with zero attached hydrogens (tertiary/aromatic N) is 3. The predicted octanol–water partition coefficient (Wildman–Crippen LogP) is 2.63. The molecule has 122 valence electrons. The summed E-state index contributed by atoms with van der Waals surface area (Å²) in [6, 6.07) is 4.14. The Morgan fingerprint density at radius 2 is 2.12 bits per heavy atom. The van der Waals surface area contributed by atoms with Crippen molar-refractivity contribution in [3.63, 3.8) is 0 Å². The summed E-state index contributed by atoms with van der Waals surface area (Å²) in [4.78, 5) is 12.4. The van der Waals surface area contributed by atoms with Gasteiger partial charge < -0.3 is 4.74 Å². The second kappa shape index (κ2) is 6.69. The van der Waals surface area contributed by atoms with E-state index in [0.29, 0.717) is 10.2 Å². The van der Waals surface area contributed by atoms with E-state index in [9.17, 15) is 9.18 Å². The lowest BCUT2D eigenvalue weighted by Crippen LogP contribution is -2.29. The molecule has 1 unspecified atom stereocenters. The molecule has 0 aliphatic heterocycles. The van der Waals surface area contributed by atoms with Gasteiger partial charge in [0.15, 0.2) is 6.10 Å². The maximum atomic E-state index is 14.4. The van der Waals surface area contributed by atoms with Crippen molar-refractivity contribution in [3.8, 4) is 29.8 Å². The highest BCUT2D eigenvalue weighted by molar-refractivity contribution is 7.71. The molecule has 2 aromatic rings. The van der Waals surface area contributed by atoms with Crippen LogP contribution in [0.3, 0.4) is 0 Å². The van der Waals surface area contributed by atoms with E-state index in [-0.39, 0.29) is 17.0 Å². The van der Waals surface area contributed by atoms with E-state index in [4.69, 9.17) is 28.6 Å². The van der Waals surface area contributed by atoms with E-state index >= 15 is 0 Å². The van der Waals surface area contributed by atoms with E-state index in [1.165, 1.54) is 23.9 Å². The summed E-state index contributed by atoms with van der Waals surface area (Å²) in [6.45, 7) is 3.34. The van der Waals surface area contributed by atoms with Gasteiger partial charge >= 0.3 is 5.69 Å². The highest BCUT2D eigenvalue weighted by Gasteiger charge is 2.16. The molecule has 2 rings (SSSR count). The number of aryl methyl sites for hydroxylation is 1. The molecule has 0 saturated carbocycles. The lowest BCUT2D eigenvalue weighted by atomic mass is 10.1. The second-order valence-corrected chi connectivity index (χ2v) is 5.55. The molecular formula is C17H14FN3O2S. The zero-order valence-electron chi connectivity index (χ0n) is 13.3. The van der Waals surface area contributed by atoms with Crippen molar-refractivity contribution in [2.24, 2.45) is 7.05 Å². The zero-order valence-corrected chi connectivity index (χ0v) is 14.1. The first kappa shape index (κ1) is 17.5. The quantitative estimate of drug-likeness (QED) is 0.635. The van der Waals surface area contributed by atoms with Crippen LogP contribution >= 0.6 is 12.2 Å². The molecule has 0 amide bonds. The Kier molecular flexibility index (Phi) is 4.87. The van der Waals surface area contributed by atoms with Crippen LogP contribution in [0.15, 0.2) is 23.1 Å². The Bertz CT molecular complexity index is 1010.